The van der Waals surface area contributed by atoms with E-state index in [0.717, 1.165) is 22.5 Å². The van der Waals surface area contributed by atoms with Crippen LogP contribution in [0.25, 0.3) is 11.3 Å². The fourth-order valence-corrected chi connectivity index (χ4v) is 5.08. The van der Waals surface area contributed by atoms with Crippen LogP contribution < -0.4 is 14.2 Å². The van der Waals surface area contributed by atoms with E-state index in [4.69, 9.17) is 14.2 Å². The summed E-state index contributed by atoms with van der Waals surface area (Å²) in [5.74, 6) is 1.16. The summed E-state index contributed by atoms with van der Waals surface area (Å²) in [6.45, 7) is -0.177. The summed E-state index contributed by atoms with van der Waals surface area (Å²) in [6, 6.07) is 12.4. The summed E-state index contributed by atoms with van der Waals surface area (Å²) in [7, 11) is -1.29. The quantitative estimate of drug-likeness (QED) is 0.524. The molecule has 0 saturated heterocycles. The SMILES string of the molecule is COc1cccc(-c2cc3c(c(OC)c2)OCCN(S(=O)(=O)c2cccc(C(F)(F)F)c2)C3)n1. The van der Waals surface area contributed by atoms with Gasteiger partial charge in [0.25, 0.3) is 0 Å². The van der Waals surface area contributed by atoms with Crippen LogP contribution in [0.2, 0.25) is 0 Å². The molecule has 4 rings (SSSR count). The van der Waals surface area contributed by atoms with E-state index in [1.165, 1.54) is 14.2 Å². The van der Waals surface area contributed by atoms with Crippen molar-refractivity contribution >= 4 is 10.0 Å². The molecule has 0 unspecified atom stereocenters. The number of benzene rings is 2. The van der Waals surface area contributed by atoms with Crippen molar-refractivity contribution in [3.8, 4) is 28.6 Å². The van der Waals surface area contributed by atoms with Crippen LogP contribution in [0.15, 0.2) is 59.5 Å². The molecule has 180 valence electrons. The van der Waals surface area contributed by atoms with Crippen molar-refractivity contribution in [2.75, 3.05) is 27.4 Å². The van der Waals surface area contributed by atoms with Crippen molar-refractivity contribution in [3.05, 3.63) is 65.7 Å². The summed E-state index contributed by atoms with van der Waals surface area (Å²) in [6.07, 6.45) is -4.66. The molecule has 0 aliphatic carbocycles. The van der Waals surface area contributed by atoms with Gasteiger partial charge >= 0.3 is 6.18 Å². The standard InChI is InChI=1S/C23H21F3N2O5S/c1-31-20-12-15(19-7-4-8-21(27-19)32-2)11-16-14-28(9-10-33-22(16)20)34(29,30)18-6-3-5-17(13-18)23(24,25)26/h3-8,11-13H,9-10,14H2,1-2H3. The van der Waals surface area contributed by atoms with E-state index in [2.05, 4.69) is 4.98 Å². The van der Waals surface area contributed by atoms with Crippen LogP contribution in [-0.2, 0) is 22.7 Å². The molecule has 34 heavy (non-hydrogen) atoms. The first-order valence-corrected chi connectivity index (χ1v) is 11.6. The van der Waals surface area contributed by atoms with Gasteiger partial charge in [0.05, 0.1) is 30.4 Å². The van der Waals surface area contributed by atoms with Crippen LogP contribution in [0.3, 0.4) is 0 Å². The molecule has 0 N–H and O–H groups in total. The van der Waals surface area contributed by atoms with Crippen LogP contribution in [0, 0.1) is 0 Å². The molecule has 1 aromatic heterocycles. The number of aromatic nitrogens is 1. The second-order valence-corrected chi connectivity index (χ2v) is 9.38. The lowest BCUT2D eigenvalue weighted by Gasteiger charge is -2.20. The molecule has 0 amide bonds. The van der Waals surface area contributed by atoms with Crippen LogP contribution in [0.5, 0.6) is 17.4 Å². The number of sulfonamides is 1. The van der Waals surface area contributed by atoms with Crippen molar-refractivity contribution in [2.24, 2.45) is 0 Å². The van der Waals surface area contributed by atoms with Gasteiger partial charge in [0.15, 0.2) is 11.5 Å². The lowest BCUT2D eigenvalue weighted by atomic mass is 10.1. The highest BCUT2D eigenvalue weighted by molar-refractivity contribution is 7.89. The second kappa shape index (κ2) is 9.15. The van der Waals surface area contributed by atoms with Gasteiger partial charge in [-0.2, -0.15) is 17.5 Å². The Kier molecular flexibility index (Phi) is 6.41. The molecule has 0 fully saturated rings. The maximum Gasteiger partial charge on any atom is 0.416 e. The van der Waals surface area contributed by atoms with Crippen molar-refractivity contribution in [3.63, 3.8) is 0 Å². The first-order chi connectivity index (χ1) is 16.1. The lowest BCUT2D eigenvalue weighted by molar-refractivity contribution is -0.137. The van der Waals surface area contributed by atoms with Gasteiger partial charge in [-0.15, -0.1) is 0 Å². The number of methoxy groups -OCH3 is 2. The lowest BCUT2D eigenvalue weighted by Crippen LogP contribution is -2.32. The number of nitrogens with zero attached hydrogens (tertiary/aromatic N) is 2. The Morgan fingerprint density at radius 1 is 1.03 bits per heavy atom. The molecule has 1 aliphatic rings. The molecule has 0 bridgehead atoms. The Bertz CT molecular complexity index is 1310. The van der Waals surface area contributed by atoms with Gasteiger partial charge in [-0.25, -0.2) is 13.4 Å². The van der Waals surface area contributed by atoms with Crippen molar-refractivity contribution < 1.29 is 35.8 Å². The summed E-state index contributed by atoms with van der Waals surface area (Å²) in [4.78, 5) is 3.96. The highest BCUT2D eigenvalue weighted by Crippen LogP contribution is 2.39. The van der Waals surface area contributed by atoms with E-state index in [9.17, 15) is 21.6 Å². The van der Waals surface area contributed by atoms with Crippen LogP contribution >= 0.6 is 0 Å². The summed E-state index contributed by atoms with van der Waals surface area (Å²) >= 11 is 0. The van der Waals surface area contributed by atoms with Gasteiger partial charge < -0.3 is 14.2 Å². The first-order valence-electron chi connectivity index (χ1n) is 10.2. The van der Waals surface area contributed by atoms with Crippen molar-refractivity contribution in [1.29, 1.82) is 0 Å². The van der Waals surface area contributed by atoms with Gasteiger partial charge in [0.2, 0.25) is 15.9 Å². The molecule has 2 heterocycles. The fraction of sp³-hybridized carbons (Fsp3) is 0.261. The predicted octanol–water partition coefficient (Wildman–Crippen LogP) is 4.37. The molecule has 0 atom stereocenters. The summed E-state index contributed by atoms with van der Waals surface area (Å²) in [5, 5.41) is 0. The molecule has 11 heteroatoms. The Morgan fingerprint density at radius 3 is 2.50 bits per heavy atom. The largest absolute Gasteiger partial charge is 0.493 e. The molecular weight excluding hydrogens is 473 g/mol. The van der Waals surface area contributed by atoms with E-state index in [1.807, 2.05) is 0 Å². The molecule has 0 saturated carbocycles. The number of pyridine rings is 1. The number of alkyl halides is 3. The topological polar surface area (TPSA) is 78.0 Å². The maximum absolute atomic E-state index is 13.3. The minimum absolute atomic E-state index is 0.00168. The number of hydrogen-bond donors (Lipinski definition) is 0. The van der Waals surface area contributed by atoms with E-state index < -0.39 is 26.7 Å². The Hall–Kier alpha value is -3.31. The number of rotatable bonds is 5. The monoisotopic (exact) mass is 494 g/mol. The zero-order valence-electron chi connectivity index (χ0n) is 18.3. The smallest absolute Gasteiger partial charge is 0.416 e. The van der Waals surface area contributed by atoms with Crippen molar-refractivity contribution in [1.82, 2.24) is 9.29 Å². The number of ether oxygens (including phenoxy) is 3. The number of hydrogen-bond acceptors (Lipinski definition) is 6. The molecule has 1 aliphatic heterocycles. The molecule has 3 aromatic rings. The Labute approximate surface area is 194 Å². The van der Waals surface area contributed by atoms with E-state index in [1.54, 1.807) is 30.3 Å². The van der Waals surface area contributed by atoms with Crippen molar-refractivity contribution in [2.45, 2.75) is 17.6 Å². The van der Waals surface area contributed by atoms with Gasteiger partial charge in [-0.3, -0.25) is 0 Å². The average molecular weight is 494 g/mol. The Balaban J connectivity index is 1.75. The predicted molar refractivity (Wildman–Crippen MR) is 117 cm³/mol. The summed E-state index contributed by atoms with van der Waals surface area (Å²) < 4.78 is 83.5. The molecule has 7 nitrogen and oxygen atoms in total. The molecule has 2 aromatic carbocycles. The minimum Gasteiger partial charge on any atom is -0.493 e. The van der Waals surface area contributed by atoms with E-state index in [0.29, 0.717) is 40.3 Å². The van der Waals surface area contributed by atoms with E-state index in [-0.39, 0.29) is 19.7 Å². The minimum atomic E-state index is -4.66. The third-order valence-electron chi connectivity index (χ3n) is 5.31. The van der Waals surface area contributed by atoms with Crippen LogP contribution in [0.1, 0.15) is 11.1 Å². The van der Waals surface area contributed by atoms with Crippen LogP contribution in [-0.4, -0.2) is 45.1 Å². The van der Waals surface area contributed by atoms with Gasteiger partial charge in [0, 0.05) is 30.3 Å². The van der Waals surface area contributed by atoms with Gasteiger partial charge in [-0.1, -0.05) is 12.1 Å². The maximum atomic E-state index is 13.3. The third-order valence-corrected chi connectivity index (χ3v) is 7.15. The van der Waals surface area contributed by atoms with Gasteiger partial charge in [0.1, 0.15) is 6.61 Å². The highest BCUT2D eigenvalue weighted by Gasteiger charge is 2.34. The summed E-state index contributed by atoms with van der Waals surface area (Å²) in [5.41, 5.74) is 0.661. The molecule has 0 radical (unpaired) electrons. The Morgan fingerprint density at radius 2 is 1.79 bits per heavy atom. The highest BCUT2D eigenvalue weighted by atomic mass is 32.2. The first kappa shape index (κ1) is 23.8. The average Bonchev–Trinajstić information content (AvgIpc) is 3.06. The van der Waals surface area contributed by atoms with Crippen LogP contribution in [0.4, 0.5) is 13.2 Å². The fourth-order valence-electron chi connectivity index (χ4n) is 3.64. The number of fused-ring (bicyclic) bond motifs is 1. The normalized spacial score (nSPS) is 14.6. The zero-order valence-corrected chi connectivity index (χ0v) is 19.1. The zero-order chi connectivity index (χ0) is 24.5. The van der Waals surface area contributed by atoms with E-state index >= 15 is 0 Å². The molecular formula is C23H21F3N2O5S. The third kappa shape index (κ3) is 4.66. The molecule has 0 spiro atoms. The van der Waals surface area contributed by atoms with Gasteiger partial charge in [-0.05, 0) is 36.4 Å². The second-order valence-electron chi connectivity index (χ2n) is 7.44. The number of halogens is 3.